The van der Waals surface area contributed by atoms with Crippen LogP contribution >= 0.6 is 85.8 Å². The molecule has 0 radical (unpaired) electrons. The molecule has 20 heteroatoms. The number of carboxylic acids is 2. The molecule has 2 heterocycles. The number of nitrogens with one attached hydrogen (secondary N) is 2. The van der Waals surface area contributed by atoms with Gasteiger partial charge < -0.3 is 50.0 Å². The van der Waals surface area contributed by atoms with Gasteiger partial charge in [-0.1, -0.05) is 36.4 Å². The van der Waals surface area contributed by atoms with E-state index in [0.29, 0.717) is 45.6 Å². The number of aliphatic hydroxyl groups excluding tert-OH is 2. The fourth-order valence-corrected chi connectivity index (χ4v) is 8.22. The molecule has 4 aromatic rings. The highest BCUT2D eigenvalue weighted by molar-refractivity contribution is 9.10. The smallest absolute Gasteiger partial charge is 0.306 e. The molecule has 0 fully saturated rings. The van der Waals surface area contributed by atoms with Gasteiger partial charge in [0.15, 0.2) is 0 Å². The molecule has 0 saturated heterocycles. The number of aliphatic hydroxyl groups is 2. The molecule has 14 nitrogen and oxygen atoms in total. The number of benzene rings is 2. The van der Waals surface area contributed by atoms with Crippen molar-refractivity contribution in [2.45, 2.75) is 76.0 Å². The number of hydrogen-bond donors (Lipinski definition) is 6. The van der Waals surface area contributed by atoms with E-state index in [1.807, 2.05) is 12.1 Å². The normalized spacial score (nSPS) is 15.7. The lowest BCUT2D eigenvalue weighted by Crippen LogP contribution is -2.28. The van der Waals surface area contributed by atoms with Crippen LogP contribution in [0.5, 0.6) is 23.5 Å². The fraction of sp³-hybridized carbons (Fsp3) is 0.400. The van der Waals surface area contributed by atoms with Crippen molar-refractivity contribution >= 4 is 97.8 Å². The van der Waals surface area contributed by atoms with Gasteiger partial charge in [-0.25, -0.2) is 0 Å². The number of fused-ring (bicyclic) bond motifs is 2. The first-order chi connectivity index (χ1) is 26.9. The Labute approximate surface area is 393 Å². The van der Waals surface area contributed by atoms with E-state index in [1.165, 1.54) is 25.3 Å². The van der Waals surface area contributed by atoms with Crippen molar-refractivity contribution in [2.75, 3.05) is 27.3 Å². The Bertz CT molecular complexity index is 1940. The highest BCUT2D eigenvalue weighted by Gasteiger charge is 2.32. The number of hydrogen-bond acceptors (Lipinski definition) is 12. The molecule has 0 aliphatic heterocycles. The Morgan fingerprint density at radius 1 is 0.683 bits per heavy atom. The van der Waals surface area contributed by atoms with Gasteiger partial charge in [-0.05, 0) is 103 Å². The molecule has 0 amide bonds. The lowest BCUT2D eigenvalue weighted by molar-refractivity contribution is -0.140. The van der Waals surface area contributed by atoms with E-state index in [0.717, 1.165) is 59.1 Å². The minimum atomic E-state index is -1.06. The maximum Gasteiger partial charge on any atom is 0.306 e. The van der Waals surface area contributed by atoms with Crippen molar-refractivity contribution in [1.82, 2.24) is 20.6 Å². The number of carbonyl (C=O) groups is 2. The van der Waals surface area contributed by atoms with E-state index < -0.39 is 24.1 Å². The number of aliphatic carboxylic acids is 2. The fourth-order valence-electron chi connectivity index (χ4n) is 7.31. The number of pyridine rings is 2. The average Bonchev–Trinajstić information content (AvgIpc) is 3.77. The van der Waals surface area contributed by atoms with Gasteiger partial charge in [0.25, 0.3) is 0 Å². The van der Waals surface area contributed by atoms with Gasteiger partial charge in [0.1, 0.15) is 12.2 Å². The van der Waals surface area contributed by atoms with Gasteiger partial charge in [0.2, 0.25) is 23.5 Å². The first-order valence-electron chi connectivity index (χ1n) is 18.2. The van der Waals surface area contributed by atoms with Crippen LogP contribution in [-0.2, 0) is 35.5 Å². The Kier molecular flexibility index (Phi) is 21.9. The maximum absolute atomic E-state index is 10.9. The number of ether oxygens (including phenoxy) is 4. The summed E-state index contributed by atoms with van der Waals surface area (Å²) in [6, 6.07) is 16.4. The molecule has 6 rings (SSSR count). The highest BCUT2D eigenvalue weighted by atomic mass is 79.9. The number of rotatable bonds is 19. The summed E-state index contributed by atoms with van der Waals surface area (Å²) in [5, 5.41) is 43.7. The van der Waals surface area contributed by atoms with Crippen LogP contribution in [-0.4, -0.2) is 81.8 Å². The Morgan fingerprint density at radius 2 is 1.07 bits per heavy atom. The number of halogens is 2. The van der Waals surface area contributed by atoms with Crippen molar-refractivity contribution < 1.29 is 49.0 Å². The third kappa shape index (κ3) is 13.1. The summed E-state index contributed by atoms with van der Waals surface area (Å²) in [7, 11) is 3.05. The minimum absolute atomic E-state index is 0. The molecule has 60 heavy (non-hydrogen) atoms. The number of carboxylic acid groups (broad SMARTS) is 2. The van der Waals surface area contributed by atoms with Crippen LogP contribution in [0.15, 0.2) is 57.5 Å². The highest BCUT2D eigenvalue weighted by Crippen LogP contribution is 2.46. The quantitative estimate of drug-likeness (QED) is 0.0628. The second-order valence-corrected chi connectivity index (χ2v) is 15.4. The lowest BCUT2D eigenvalue weighted by atomic mass is 9.91. The average molecular weight is 1040 g/mol. The molecule has 2 aromatic carbocycles. The molecule has 0 saturated carbocycles. The zero-order valence-corrected chi connectivity index (χ0v) is 40.1. The van der Waals surface area contributed by atoms with Crippen LogP contribution in [0.25, 0.3) is 11.1 Å². The summed E-state index contributed by atoms with van der Waals surface area (Å²) in [6.45, 7) is 0.836. The third-order valence-electron chi connectivity index (χ3n) is 9.79. The monoisotopic (exact) mass is 1030 g/mol. The van der Waals surface area contributed by atoms with Crippen LogP contribution in [0, 0.1) is 0 Å². The molecule has 0 spiro atoms. The summed E-state index contributed by atoms with van der Waals surface area (Å²) < 4.78 is 25.5. The SMILES string of the molecule is COc1nc(O[C@H]2CCc3c(-c4cccc5c4CC[C@@H]5Oc4nc(OC)c(CNC[C@@H](O)CC(=O)O)cc4Br)cccc32)c(Br)cc1CNC[C@@H](O)CC(=O)O.S.S.S.S. The van der Waals surface area contributed by atoms with Crippen molar-refractivity contribution in [3.63, 3.8) is 0 Å². The van der Waals surface area contributed by atoms with Crippen molar-refractivity contribution in [2.24, 2.45) is 0 Å². The third-order valence-corrected chi connectivity index (χ3v) is 10.9. The molecular weight excluding hydrogens is 985 g/mol. The van der Waals surface area contributed by atoms with Crippen LogP contribution in [0.2, 0.25) is 0 Å². The minimum Gasteiger partial charge on any atom is -0.481 e. The molecule has 2 aliphatic carbocycles. The van der Waals surface area contributed by atoms with Gasteiger partial charge in [-0.2, -0.15) is 64.0 Å². The van der Waals surface area contributed by atoms with E-state index in [4.69, 9.17) is 29.2 Å². The van der Waals surface area contributed by atoms with Crippen molar-refractivity contribution in [3.05, 3.63) is 90.9 Å². The van der Waals surface area contributed by atoms with Gasteiger partial charge in [-0.3, -0.25) is 9.59 Å². The van der Waals surface area contributed by atoms with Gasteiger partial charge in [0, 0.05) is 37.3 Å². The van der Waals surface area contributed by atoms with Gasteiger partial charge in [0.05, 0.1) is 48.2 Å². The molecule has 2 aromatic heterocycles. The van der Waals surface area contributed by atoms with E-state index in [1.54, 1.807) is 0 Å². The zero-order chi connectivity index (χ0) is 39.9. The summed E-state index contributed by atoms with van der Waals surface area (Å²) >= 11 is 7.22. The van der Waals surface area contributed by atoms with Crippen LogP contribution in [0.3, 0.4) is 0 Å². The van der Waals surface area contributed by atoms with Crippen LogP contribution in [0.1, 0.15) is 71.3 Å². The molecule has 0 unspecified atom stereocenters. The number of aromatic nitrogens is 2. The van der Waals surface area contributed by atoms with Gasteiger partial charge in [-0.15, -0.1) is 0 Å². The summed E-state index contributed by atoms with van der Waals surface area (Å²) in [5.41, 5.74) is 8.43. The van der Waals surface area contributed by atoms with E-state index in [9.17, 15) is 19.8 Å². The zero-order valence-electron chi connectivity index (χ0n) is 32.9. The van der Waals surface area contributed by atoms with Crippen molar-refractivity contribution in [1.29, 1.82) is 0 Å². The second-order valence-electron chi connectivity index (χ2n) is 13.7. The first kappa shape index (κ1) is 53.2. The molecular formula is C40H52Br2N4O10S4. The summed E-state index contributed by atoms with van der Waals surface area (Å²) in [6.07, 6.45) is 0.0130. The first-order valence-corrected chi connectivity index (χ1v) is 19.8. The maximum atomic E-state index is 10.9. The molecule has 2 aliphatic rings. The molecule has 330 valence electrons. The number of nitrogens with zero attached hydrogens (tertiary/aromatic N) is 2. The molecule has 0 bridgehead atoms. The number of methoxy groups -OCH3 is 2. The van der Waals surface area contributed by atoms with E-state index in [-0.39, 0.29) is 92.1 Å². The Morgan fingerprint density at radius 3 is 1.42 bits per heavy atom. The van der Waals surface area contributed by atoms with Crippen LogP contribution < -0.4 is 29.6 Å². The summed E-state index contributed by atoms with van der Waals surface area (Å²) in [4.78, 5) is 31.0. The second kappa shape index (κ2) is 24.6. The Balaban J connectivity index is 0.00000310. The van der Waals surface area contributed by atoms with Crippen molar-refractivity contribution in [3.8, 4) is 34.6 Å². The summed E-state index contributed by atoms with van der Waals surface area (Å²) in [5.74, 6) is -0.598. The topological polar surface area (TPSA) is 202 Å². The Hall–Kier alpha value is -2.92. The van der Waals surface area contributed by atoms with E-state index >= 15 is 0 Å². The van der Waals surface area contributed by atoms with Crippen LogP contribution in [0.4, 0.5) is 0 Å². The predicted molar refractivity (Wildman–Crippen MR) is 254 cm³/mol. The standard InChI is InChI=1S/C40H44Br2N4O10.4H2S/c1-53-37-21(17-43-19-23(47)15-35(49)50)13-31(41)39(45-37)55-33-11-9-27-25(5-3-7-29(27)33)26-6-4-8-30-28(26)10-12-34(30)56-40-32(42)14-22(38(46-40)54-2)18-44-20-24(48)16-36(51)52;;;;/h3-8,13-14,23-24,33-34,43-44,47-48H,9-12,15-20H2,1-2H3,(H,49,50)(H,51,52);4*1H2/t23-,24-,33-,34-;;;;/m0..../s1. The predicted octanol–water partition coefficient (Wildman–Crippen LogP) is 6.12. The largest absolute Gasteiger partial charge is 0.481 e. The molecule has 6 N–H and O–H groups in total. The molecule has 4 atom stereocenters. The van der Waals surface area contributed by atoms with E-state index in [2.05, 4.69) is 88.9 Å². The lowest BCUT2D eigenvalue weighted by Gasteiger charge is -2.19. The van der Waals surface area contributed by atoms with Gasteiger partial charge >= 0.3 is 11.9 Å².